The molecule has 0 radical (unpaired) electrons. The minimum Gasteiger partial charge on any atom is -0.497 e. The van der Waals surface area contributed by atoms with Crippen LogP contribution in [0.4, 0.5) is 0 Å². The normalized spacial score (nSPS) is 15.6. The first-order chi connectivity index (χ1) is 15.1. The van der Waals surface area contributed by atoms with Crippen molar-refractivity contribution >= 4 is 17.9 Å². The highest BCUT2D eigenvalue weighted by Gasteiger charge is 2.24. The number of furan rings is 1. The van der Waals surface area contributed by atoms with Crippen molar-refractivity contribution in [3.05, 3.63) is 95.1 Å². The number of methoxy groups -OCH3 is 1. The van der Waals surface area contributed by atoms with Gasteiger partial charge in [-0.1, -0.05) is 24.3 Å². The summed E-state index contributed by atoms with van der Waals surface area (Å²) in [7, 11) is 1.64. The Bertz CT molecular complexity index is 1090. The lowest BCUT2D eigenvalue weighted by molar-refractivity contribution is -0.118. The number of ether oxygens (including phenoxy) is 1. The van der Waals surface area contributed by atoms with Gasteiger partial charge in [0.1, 0.15) is 17.2 Å². The van der Waals surface area contributed by atoms with Gasteiger partial charge in [-0.05, 0) is 66.8 Å². The average Bonchev–Trinajstić information content (AvgIpc) is 3.32. The summed E-state index contributed by atoms with van der Waals surface area (Å²) >= 11 is 0. The molecule has 0 unspecified atom stereocenters. The molecule has 31 heavy (non-hydrogen) atoms. The molecule has 0 bridgehead atoms. The van der Waals surface area contributed by atoms with E-state index in [-0.39, 0.29) is 23.6 Å². The number of benzene rings is 2. The van der Waals surface area contributed by atoms with E-state index in [4.69, 9.17) is 9.15 Å². The van der Waals surface area contributed by atoms with Crippen molar-refractivity contribution in [2.45, 2.75) is 25.3 Å². The molecule has 6 nitrogen and oxygen atoms in total. The van der Waals surface area contributed by atoms with Crippen molar-refractivity contribution in [1.82, 2.24) is 10.6 Å². The first kappa shape index (κ1) is 20.5. The monoisotopic (exact) mass is 416 g/mol. The van der Waals surface area contributed by atoms with Crippen molar-refractivity contribution in [2.75, 3.05) is 7.11 Å². The van der Waals surface area contributed by atoms with Crippen LogP contribution in [0.1, 0.15) is 46.1 Å². The Hall–Kier alpha value is -3.80. The summed E-state index contributed by atoms with van der Waals surface area (Å²) in [4.78, 5) is 25.8. The van der Waals surface area contributed by atoms with Crippen LogP contribution in [0.3, 0.4) is 0 Å². The average molecular weight is 416 g/mol. The number of nitrogens with one attached hydrogen (secondary N) is 2. The van der Waals surface area contributed by atoms with E-state index < -0.39 is 0 Å². The molecule has 1 atom stereocenters. The van der Waals surface area contributed by atoms with E-state index in [1.54, 1.807) is 43.5 Å². The number of amides is 2. The molecule has 1 aliphatic carbocycles. The molecule has 2 aromatic carbocycles. The highest BCUT2D eigenvalue weighted by Crippen LogP contribution is 2.32. The molecule has 2 amide bonds. The first-order valence-corrected chi connectivity index (χ1v) is 10.2. The second-order valence-electron chi connectivity index (χ2n) is 7.38. The summed E-state index contributed by atoms with van der Waals surface area (Å²) < 4.78 is 10.7. The van der Waals surface area contributed by atoms with Gasteiger partial charge >= 0.3 is 0 Å². The molecular weight excluding hydrogens is 392 g/mol. The zero-order valence-electron chi connectivity index (χ0n) is 17.3. The number of aryl methyl sites for hydroxylation is 1. The summed E-state index contributed by atoms with van der Waals surface area (Å²) in [6.45, 7) is 0. The maximum atomic E-state index is 13.2. The van der Waals surface area contributed by atoms with Crippen LogP contribution >= 0.6 is 0 Å². The predicted octanol–water partition coefficient (Wildman–Crippen LogP) is 4.25. The van der Waals surface area contributed by atoms with Crippen LogP contribution in [0.15, 0.2) is 77.0 Å². The van der Waals surface area contributed by atoms with E-state index in [2.05, 4.69) is 10.6 Å². The summed E-state index contributed by atoms with van der Waals surface area (Å²) in [5, 5.41) is 5.81. The number of rotatable bonds is 6. The second-order valence-corrected chi connectivity index (χ2v) is 7.38. The fourth-order valence-electron chi connectivity index (χ4n) is 3.76. The zero-order chi connectivity index (χ0) is 21.6. The van der Waals surface area contributed by atoms with Gasteiger partial charge in [-0.15, -0.1) is 0 Å². The smallest absolute Gasteiger partial charge is 0.268 e. The minimum absolute atomic E-state index is 0.129. The van der Waals surface area contributed by atoms with Crippen LogP contribution in [-0.4, -0.2) is 18.9 Å². The van der Waals surface area contributed by atoms with Gasteiger partial charge in [0, 0.05) is 11.6 Å². The summed E-state index contributed by atoms with van der Waals surface area (Å²) in [5.74, 6) is 0.559. The van der Waals surface area contributed by atoms with Gasteiger partial charge < -0.3 is 19.8 Å². The maximum absolute atomic E-state index is 13.2. The molecule has 1 aromatic heterocycles. The molecule has 1 aliphatic rings. The molecule has 0 aliphatic heterocycles. The lowest BCUT2D eigenvalue weighted by atomic mass is 9.87. The fraction of sp³-hybridized carbons (Fsp3) is 0.200. The molecule has 0 spiro atoms. The highest BCUT2D eigenvalue weighted by molar-refractivity contribution is 6.05. The van der Waals surface area contributed by atoms with Crippen molar-refractivity contribution in [3.8, 4) is 5.75 Å². The van der Waals surface area contributed by atoms with Crippen LogP contribution in [0, 0.1) is 0 Å². The maximum Gasteiger partial charge on any atom is 0.268 e. The molecule has 4 rings (SSSR count). The van der Waals surface area contributed by atoms with Crippen LogP contribution < -0.4 is 15.4 Å². The van der Waals surface area contributed by atoms with E-state index in [9.17, 15) is 9.59 Å². The molecule has 0 saturated heterocycles. The largest absolute Gasteiger partial charge is 0.497 e. The third-order valence-corrected chi connectivity index (χ3v) is 5.33. The second kappa shape index (κ2) is 9.34. The third-order valence-electron chi connectivity index (χ3n) is 5.33. The Kier molecular flexibility index (Phi) is 6.17. The van der Waals surface area contributed by atoms with Gasteiger partial charge in [-0.3, -0.25) is 9.59 Å². The van der Waals surface area contributed by atoms with E-state index in [1.807, 2.05) is 24.3 Å². The first-order valence-electron chi connectivity index (χ1n) is 10.2. The van der Waals surface area contributed by atoms with Gasteiger partial charge in [0.2, 0.25) is 0 Å². The molecule has 2 N–H and O–H groups in total. The number of carbonyl (C=O) groups is 2. The minimum atomic E-state index is -0.366. The Balaban J connectivity index is 1.56. The van der Waals surface area contributed by atoms with E-state index in [1.165, 1.54) is 17.9 Å². The topological polar surface area (TPSA) is 80.6 Å². The van der Waals surface area contributed by atoms with Gasteiger partial charge in [0.15, 0.2) is 0 Å². The molecule has 6 heteroatoms. The zero-order valence-corrected chi connectivity index (χ0v) is 17.3. The van der Waals surface area contributed by atoms with Gasteiger partial charge in [-0.2, -0.15) is 0 Å². The molecule has 3 aromatic rings. The van der Waals surface area contributed by atoms with Crippen molar-refractivity contribution in [1.29, 1.82) is 0 Å². The highest BCUT2D eigenvalue weighted by atomic mass is 16.5. The van der Waals surface area contributed by atoms with E-state index in [0.29, 0.717) is 11.3 Å². The lowest BCUT2D eigenvalue weighted by Crippen LogP contribution is -2.37. The number of carbonyl (C=O) groups excluding carboxylic acids is 2. The van der Waals surface area contributed by atoms with Crippen molar-refractivity contribution in [2.24, 2.45) is 0 Å². The van der Waals surface area contributed by atoms with E-state index in [0.717, 1.165) is 30.6 Å². The van der Waals surface area contributed by atoms with Crippen LogP contribution in [0.25, 0.3) is 6.08 Å². The molecule has 0 fully saturated rings. The van der Waals surface area contributed by atoms with Crippen molar-refractivity contribution < 1.29 is 18.7 Å². The SMILES string of the molecule is COc1ccc2c(c1)CCC[C@H]2NC(=O)/C(=C/c1ccco1)NC(=O)c1ccccc1. The summed E-state index contributed by atoms with van der Waals surface area (Å²) in [6.07, 6.45) is 5.78. The van der Waals surface area contributed by atoms with E-state index >= 15 is 0 Å². The Morgan fingerprint density at radius 1 is 1.10 bits per heavy atom. The van der Waals surface area contributed by atoms with Crippen molar-refractivity contribution in [3.63, 3.8) is 0 Å². The number of hydrogen-bond acceptors (Lipinski definition) is 4. The lowest BCUT2D eigenvalue weighted by Gasteiger charge is -2.27. The molecule has 0 saturated carbocycles. The molecule has 158 valence electrons. The third kappa shape index (κ3) is 4.86. The number of hydrogen-bond donors (Lipinski definition) is 2. The molecular formula is C25H24N2O4. The summed E-state index contributed by atoms with van der Waals surface area (Å²) in [6, 6.07) is 18.0. The van der Waals surface area contributed by atoms with Crippen LogP contribution in [-0.2, 0) is 11.2 Å². The van der Waals surface area contributed by atoms with Crippen LogP contribution in [0.5, 0.6) is 5.75 Å². The Morgan fingerprint density at radius 2 is 1.94 bits per heavy atom. The van der Waals surface area contributed by atoms with Gasteiger partial charge in [0.05, 0.1) is 19.4 Å². The number of fused-ring (bicyclic) bond motifs is 1. The quantitative estimate of drug-likeness (QED) is 0.589. The standard InChI is InChI=1S/C25H24N2O4/c1-30-19-12-13-21-18(15-19)9-5-11-22(21)26-25(29)23(16-20-10-6-14-31-20)27-24(28)17-7-3-2-4-8-17/h2-4,6-8,10,12-16,22H,5,9,11H2,1H3,(H,26,29)(H,27,28)/b23-16-/t22-/m1/s1. The Labute approximate surface area is 180 Å². The summed E-state index contributed by atoms with van der Waals surface area (Å²) in [5.41, 5.74) is 2.84. The fourth-order valence-corrected chi connectivity index (χ4v) is 3.76. The molecule has 1 heterocycles. The predicted molar refractivity (Wildman–Crippen MR) is 117 cm³/mol. The Morgan fingerprint density at radius 3 is 2.68 bits per heavy atom. The van der Waals surface area contributed by atoms with Gasteiger partial charge in [0.25, 0.3) is 11.8 Å². The van der Waals surface area contributed by atoms with Gasteiger partial charge in [-0.25, -0.2) is 0 Å². The van der Waals surface area contributed by atoms with Crippen LogP contribution in [0.2, 0.25) is 0 Å².